The Bertz CT molecular complexity index is 488. The topological polar surface area (TPSA) is 32.3 Å². The molecule has 2 rings (SSSR count). The van der Waals surface area contributed by atoms with Gasteiger partial charge in [-0.25, -0.2) is 4.79 Å². The van der Waals surface area contributed by atoms with Gasteiger partial charge in [-0.15, -0.1) is 0 Å². The summed E-state index contributed by atoms with van der Waals surface area (Å²) < 4.78 is 38.1. The fraction of sp³-hybridized carbons (Fsp3) is 0.500. The number of aryl methyl sites for hydroxylation is 1. The molecule has 0 bridgehead atoms. The lowest BCUT2D eigenvalue weighted by molar-refractivity contribution is -0.183. The molecule has 3 nitrogen and oxygen atoms in total. The lowest BCUT2D eigenvalue weighted by Gasteiger charge is -2.33. The molecular formula is C14H17F3N2O. The maximum absolute atomic E-state index is 12.7. The summed E-state index contributed by atoms with van der Waals surface area (Å²) in [4.78, 5) is 13.2. The molecule has 1 atom stereocenters. The summed E-state index contributed by atoms with van der Waals surface area (Å²) in [6, 6.07) is 6.71. The summed E-state index contributed by atoms with van der Waals surface area (Å²) in [6.07, 6.45) is -3.76. The highest BCUT2D eigenvalue weighted by molar-refractivity contribution is 5.89. The molecule has 6 heteroatoms. The van der Waals surface area contributed by atoms with Crippen molar-refractivity contribution in [2.45, 2.75) is 25.9 Å². The molecule has 1 heterocycles. The van der Waals surface area contributed by atoms with E-state index in [2.05, 4.69) is 5.32 Å². The Labute approximate surface area is 115 Å². The zero-order chi connectivity index (χ0) is 14.8. The van der Waals surface area contributed by atoms with Crippen LogP contribution < -0.4 is 5.32 Å². The van der Waals surface area contributed by atoms with E-state index in [1.807, 2.05) is 13.0 Å². The molecule has 1 aliphatic rings. The average Bonchev–Trinajstić information content (AvgIpc) is 2.38. The Balaban J connectivity index is 1.99. The first kappa shape index (κ1) is 14.7. The normalized spacial score (nSPS) is 19.8. The summed E-state index contributed by atoms with van der Waals surface area (Å²) in [5.41, 5.74) is 1.58. The van der Waals surface area contributed by atoms with Gasteiger partial charge < -0.3 is 10.2 Å². The molecule has 0 spiro atoms. The second-order valence-corrected chi connectivity index (χ2v) is 5.13. The first-order valence-electron chi connectivity index (χ1n) is 6.55. The van der Waals surface area contributed by atoms with Crippen LogP contribution in [0.25, 0.3) is 0 Å². The summed E-state index contributed by atoms with van der Waals surface area (Å²) in [6.45, 7) is 1.99. The summed E-state index contributed by atoms with van der Waals surface area (Å²) in [5.74, 6) is -1.42. The van der Waals surface area contributed by atoms with Crippen molar-refractivity contribution in [3.8, 4) is 0 Å². The average molecular weight is 286 g/mol. The second kappa shape index (κ2) is 5.73. The molecule has 1 aliphatic heterocycles. The Morgan fingerprint density at radius 1 is 1.40 bits per heavy atom. The van der Waals surface area contributed by atoms with Crippen LogP contribution in [0.3, 0.4) is 0 Å². The van der Waals surface area contributed by atoms with E-state index in [1.54, 1.807) is 18.2 Å². The number of nitrogens with zero attached hydrogens (tertiary/aromatic N) is 1. The van der Waals surface area contributed by atoms with Gasteiger partial charge >= 0.3 is 12.2 Å². The highest BCUT2D eigenvalue weighted by Crippen LogP contribution is 2.33. The number of rotatable bonds is 1. The van der Waals surface area contributed by atoms with Crippen molar-refractivity contribution in [1.82, 2.24) is 4.90 Å². The van der Waals surface area contributed by atoms with Gasteiger partial charge in [0, 0.05) is 18.8 Å². The molecule has 110 valence electrons. The van der Waals surface area contributed by atoms with Crippen LogP contribution in [0.5, 0.6) is 0 Å². The van der Waals surface area contributed by atoms with Crippen LogP contribution in [0.4, 0.5) is 23.7 Å². The quantitative estimate of drug-likeness (QED) is 0.836. The highest BCUT2D eigenvalue weighted by Gasteiger charge is 2.42. The van der Waals surface area contributed by atoms with E-state index in [9.17, 15) is 18.0 Å². The molecule has 0 radical (unpaired) electrons. The van der Waals surface area contributed by atoms with E-state index in [0.29, 0.717) is 18.7 Å². The molecule has 1 N–H and O–H groups in total. The maximum atomic E-state index is 12.7. The number of carbonyl (C=O) groups excluding carboxylic acids is 1. The third kappa shape index (κ3) is 3.65. The molecule has 1 fully saturated rings. The van der Waals surface area contributed by atoms with Crippen LogP contribution in [0.1, 0.15) is 18.4 Å². The van der Waals surface area contributed by atoms with Crippen molar-refractivity contribution in [2.75, 3.05) is 18.4 Å². The van der Waals surface area contributed by atoms with Crippen molar-refractivity contribution in [1.29, 1.82) is 0 Å². The number of hydrogen-bond acceptors (Lipinski definition) is 1. The number of anilines is 1. The van der Waals surface area contributed by atoms with Gasteiger partial charge in [0.1, 0.15) is 0 Å². The number of hydrogen-bond donors (Lipinski definition) is 1. The first-order valence-corrected chi connectivity index (χ1v) is 6.55. The molecule has 0 aromatic heterocycles. The molecular weight excluding hydrogens is 269 g/mol. The SMILES string of the molecule is Cc1cccc(NC(=O)N2CCC[C@@H](C(F)(F)F)C2)c1. The van der Waals surface area contributed by atoms with Crippen molar-refractivity contribution >= 4 is 11.7 Å². The Hall–Kier alpha value is -1.72. The van der Waals surface area contributed by atoms with Gasteiger partial charge in [-0.1, -0.05) is 12.1 Å². The summed E-state index contributed by atoms with van der Waals surface area (Å²) in [5, 5.41) is 2.64. The van der Waals surface area contributed by atoms with E-state index in [4.69, 9.17) is 0 Å². The standard InChI is InChI=1S/C14H17F3N2O/c1-10-4-2-6-12(8-10)18-13(20)19-7-3-5-11(9-19)14(15,16)17/h2,4,6,8,11H,3,5,7,9H2,1H3,(H,18,20)/t11-/m1/s1. The molecule has 1 aromatic carbocycles. The Morgan fingerprint density at radius 2 is 2.15 bits per heavy atom. The minimum Gasteiger partial charge on any atom is -0.324 e. The van der Waals surface area contributed by atoms with Gasteiger partial charge in [0.2, 0.25) is 0 Å². The largest absolute Gasteiger partial charge is 0.393 e. The summed E-state index contributed by atoms with van der Waals surface area (Å²) >= 11 is 0. The zero-order valence-corrected chi connectivity index (χ0v) is 11.2. The zero-order valence-electron chi connectivity index (χ0n) is 11.2. The molecule has 1 saturated heterocycles. The van der Waals surface area contributed by atoms with Gasteiger partial charge in [-0.2, -0.15) is 13.2 Å². The van der Waals surface area contributed by atoms with Gasteiger partial charge in [-0.3, -0.25) is 0 Å². The predicted octanol–water partition coefficient (Wildman–Crippen LogP) is 3.80. The molecule has 0 unspecified atom stereocenters. The Morgan fingerprint density at radius 3 is 2.80 bits per heavy atom. The minimum atomic E-state index is -4.23. The monoisotopic (exact) mass is 286 g/mol. The summed E-state index contributed by atoms with van der Waals surface area (Å²) in [7, 11) is 0. The van der Waals surface area contributed by atoms with Gasteiger partial charge in [0.05, 0.1) is 5.92 Å². The number of benzene rings is 1. The molecule has 0 saturated carbocycles. The fourth-order valence-corrected chi connectivity index (χ4v) is 2.35. The molecule has 20 heavy (non-hydrogen) atoms. The number of nitrogens with one attached hydrogen (secondary N) is 1. The van der Waals surface area contributed by atoms with Crippen LogP contribution in [-0.2, 0) is 0 Å². The third-order valence-electron chi connectivity index (χ3n) is 3.44. The highest BCUT2D eigenvalue weighted by atomic mass is 19.4. The van der Waals surface area contributed by atoms with Crippen molar-refractivity contribution in [2.24, 2.45) is 5.92 Å². The molecule has 2 amide bonds. The van der Waals surface area contributed by atoms with E-state index < -0.39 is 18.1 Å². The van der Waals surface area contributed by atoms with Crippen LogP contribution in [0.15, 0.2) is 24.3 Å². The number of amides is 2. The third-order valence-corrected chi connectivity index (χ3v) is 3.44. The number of urea groups is 1. The number of piperidine rings is 1. The predicted molar refractivity (Wildman–Crippen MR) is 70.5 cm³/mol. The van der Waals surface area contributed by atoms with E-state index >= 15 is 0 Å². The smallest absolute Gasteiger partial charge is 0.324 e. The number of carbonyl (C=O) groups is 1. The number of halogens is 3. The van der Waals surface area contributed by atoms with Crippen LogP contribution in [0, 0.1) is 12.8 Å². The van der Waals surface area contributed by atoms with Crippen molar-refractivity contribution in [3.63, 3.8) is 0 Å². The van der Waals surface area contributed by atoms with Crippen molar-refractivity contribution in [3.05, 3.63) is 29.8 Å². The van der Waals surface area contributed by atoms with Crippen LogP contribution in [0.2, 0.25) is 0 Å². The molecule has 0 aliphatic carbocycles. The van der Waals surface area contributed by atoms with E-state index in [-0.39, 0.29) is 13.0 Å². The molecule has 1 aromatic rings. The van der Waals surface area contributed by atoms with Gasteiger partial charge in [-0.05, 0) is 37.5 Å². The number of alkyl halides is 3. The lowest BCUT2D eigenvalue weighted by atomic mass is 9.98. The van der Waals surface area contributed by atoms with E-state index in [1.165, 1.54) is 4.90 Å². The van der Waals surface area contributed by atoms with Gasteiger partial charge in [0.25, 0.3) is 0 Å². The second-order valence-electron chi connectivity index (χ2n) is 5.13. The van der Waals surface area contributed by atoms with Crippen molar-refractivity contribution < 1.29 is 18.0 Å². The first-order chi connectivity index (χ1) is 9.36. The fourth-order valence-electron chi connectivity index (χ4n) is 2.35. The minimum absolute atomic E-state index is 0.0950. The maximum Gasteiger partial charge on any atom is 0.393 e. The Kier molecular flexibility index (Phi) is 4.20. The number of likely N-dealkylation sites (tertiary alicyclic amines) is 1. The van der Waals surface area contributed by atoms with Crippen LogP contribution in [-0.4, -0.2) is 30.2 Å². The van der Waals surface area contributed by atoms with E-state index in [0.717, 1.165) is 5.56 Å². The van der Waals surface area contributed by atoms with Gasteiger partial charge in [0.15, 0.2) is 0 Å². The van der Waals surface area contributed by atoms with Crippen LogP contribution >= 0.6 is 0 Å². The lowest BCUT2D eigenvalue weighted by Crippen LogP contribution is -2.46.